The van der Waals surface area contributed by atoms with Gasteiger partial charge in [0.05, 0.1) is 12.2 Å². The molecule has 6 nitrogen and oxygen atoms in total. The van der Waals surface area contributed by atoms with E-state index < -0.39 is 0 Å². The molecule has 21 heavy (non-hydrogen) atoms. The molecule has 0 fully saturated rings. The Kier molecular flexibility index (Phi) is 4.50. The van der Waals surface area contributed by atoms with Crippen molar-refractivity contribution < 1.29 is 0 Å². The molecule has 0 aliphatic carbocycles. The summed E-state index contributed by atoms with van der Waals surface area (Å²) in [5.41, 5.74) is 1.26. The Bertz CT molecular complexity index is 590. The number of hydrogen-bond acceptors (Lipinski definition) is 6. The number of aryl methyl sites for hydroxylation is 1. The Morgan fingerprint density at radius 2 is 2.24 bits per heavy atom. The molecule has 0 saturated carbocycles. The van der Waals surface area contributed by atoms with Gasteiger partial charge in [0.25, 0.3) is 0 Å². The lowest BCUT2D eigenvalue weighted by Gasteiger charge is -2.26. The molecule has 0 radical (unpaired) electrons. The maximum atomic E-state index is 4.88. The van der Waals surface area contributed by atoms with Gasteiger partial charge in [-0.2, -0.15) is 0 Å². The third kappa shape index (κ3) is 3.08. The van der Waals surface area contributed by atoms with Crippen LogP contribution in [0.3, 0.4) is 0 Å². The highest BCUT2D eigenvalue weighted by molar-refractivity contribution is 7.15. The van der Waals surface area contributed by atoms with E-state index >= 15 is 0 Å². The highest BCUT2D eigenvalue weighted by atomic mass is 32.1. The fourth-order valence-electron chi connectivity index (χ4n) is 2.54. The summed E-state index contributed by atoms with van der Waals surface area (Å²) < 4.78 is 2.12. The summed E-state index contributed by atoms with van der Waals surface area (Å²) >= 11 is 1.82. The molecule has 1 N–H and O–H groups in total. The van der Waals surface area contributed by atoms with E-state index in [4.69, 9.17) is 4.98 Å². The van der Waals surface area contributed by atoms with Crippen LogP contribution in [0.1, 0.15) is 36.7 Å². The van der Waals surface area contributed by atoms with Crippen LogP contribution in [0, 0.1) is 0 Å². The van der Waals surface area contributed by atoms with E-state index in [0.717, 1.165) is 56.5 Å². The Morgan fingerprint density at radius 1 is 1.33 bits per heavy atom. The number of anilines is 1. The van der Waals surface area contributed by atoms with Crippen LogP contribution in [0.15, 0.2) is 6.33 Å². The van der Waals surface area contributed by atoms with E-state index in [-0.39, 0.29) is 0 Å². The van der Waals surface area contributed by atoms with Crippen molar-refractivity contribution in [3.63, 3.8) is 0 Å². The van der Waals surface area contributed by atoms with Gasteiger partial charge in [-0.25, -0.2) is 4.98 Å². The summed E-state index contributed by atoms with van der Waals surface area (Å²) in [6.07, 6.45) is 4.01. The van der Waals surface area contributed by atoms with Crippen molar-refractivity contribution in [3.8, 4) is 0 Å². The molecule has 0 unspecified atom stereocenters. The monoisotopic (exact) mass is 306 g/mol. The second-order valence-corrected chi connectivity index (χ2v) is 6.32. The predicted octanol–water partition coefficient (Wildman–Crippen LogP) is 1.82. The number of nitrogens with zero attached hydrogens (tertiary/aromatic N) is 5. The summed E-state index contributed by atoms with van der Waals surface area (Å²) in [4.78, 5) is 8.58. The highest BCUT2D eigenvalue weighted by Crippen LogP contribution is 2.29. The van der Waals surface area contributed by atoms with Crippen molar-refractivity contribution in [1.29, 1.82) is 0 Å². The van der Waals surface area contributed by atoms with Crippen molar-refractivity contribution in [2.75, 3.05) is 18.0 Å². The van der Waals surface area contributed by atoms with Crippen molar-refractivity contribution in [1.82, 2.24) is 25.1 Å². The maximum absolute atomic E-state index is 4.88. The fraction of sp³-hybridized carbons (Fsp3) is 0.643. The van der Waals surface area contributed by atoms with Crippen LogP contribution < -0.4 is 10.2 Å². The minimum Gasteiger partial charge on any atom is -0.339 e. The Hall–Kier alpha value is -1.47. The van der Waals surface area contributed by atoms with Gasteiger partial charge in [0.1, 0.15) is 6.33 Å². The number of nitrogens with one attached hydrogen (secondary N) is 1. The van der Waals surface area contributed by atoms with E-state index in [9.17, 15) is 0 Å². The average molecular weight is 306 g/mol. The van der Waals surface area contributed by atoms with Gasteiger partial charge in [-0.05, 0) is 13.0 Å². The zero-order valence-electron chi connectivity index (χ0n) is 12.7. The van der Waals surface area contributed by atoms with Crippen molar-refractivity contribution in [3.05, 3.63) is 22.7 Å². The lowest BCUT2D eigenvalue weighted by atomic mass is 10.2. The van der Waals surface area contributed by atoms with Crippen molar-refractivity contribution in [2.24, 2.45) is 0 Å². The van der Waals surface area contributed by atoms with E-state index in [0.29, 0.717) is 0 Å². The third-order valence-corrected chi connectivity index (χ3v) is 4.86. The summed E-state index contributed by atoms with van der Waals surface area (Å²) in [5, 5.41) is 12.7. The second kappa shape index (κ2) is 6.53. The minimum absolute atomic E-state index is 0.805. The van der Waals surface area contributed by atoms with Gasteiger partial charge in [-0.3, -0.25) is 0 Å². The molecule has 114 valence electrons. The van der Waals surface area contributed by atoms with Gasteiger partial charge >= 0.3 is 0 Å². The molecule has 1 aliphatic rings. The molecule has 0 bridgehead atoms. The van der Waals surface area contributed by atoms with Gasteiger partial charge in [0, 0.05) is 24.5 Å². The van der Waals surface area contributed by atoms with Gasteiger partial charge in [-0.1, -0.05) is 20.3 Å². The topological polar surface area (TPSA) is 58.9 Å². The number of thiazole rings is 1. The summed E-state index contributed by atoms with van der Waals surface area (Å²) in [6, 6.07) is 0. The number of aromatic nitrogens is 4. The van der Waals surface area contributed by atoms with Gasteiger partial charge in [-0.15, -0.1) is 21.5 Å². The standard InChI is InChI=1S/C14H22N6S/c1-3-5-11-12(8-15-4-2)21-14(17-11)19-6-7-20-10-16-18-13(20)9-19/h10,15H,3-9H2,1-2H3. The molecule has 0 saturated heterocycles. The van der Waals surface area contributed by atoms with Crippen LogP contribution in [0.4, 0.5) is 5.13 Å². The van der Waals surface area contributed by atoms with E-state index in [2.05, 4.69) is 38.8 Å². The highest BCUT2D eigenvalue weighted by Gasteiger charge is 2.21. The first-order valence-corrected chi connectivity index (χ1v) is 8.44. The summed E-state index contributed by atoms with van der Waals surface area (Å²) in [6.45, 7) is 8.98. The third-order valence-electron chi connectivity index (χ3n) is 3.70. The number of rotatable bonds is 6. The van der Waals surface area contributed by atoms with Crippen LogP contribution in [-0.2, 0) is 26.1 Å². The van der Waals surface area contributed by atoms with Crippen LogP contribution in [0.25, 0.3) is 0 Å². The van der Waals surface area contributed by atoms with Gasteiger partial charge in [0.15, 0.2) is 11.0 Å². The normalized spacial score (nSPS) is 14.5. The average Bonchev–Trinajstić information content (AvgIpc) is 3.11. The van der Waals surface area contributed by atoms with E-state index in [1.165, 1.54) is 10.6 Å². The summed E-state index contributed by atoms with van der Waals surface area (Å²) in [7, 11) is 0. The van der Waals surface area contributed by atoms with Gasteiger partial charge < -0.3 is 14.8 Å². The Balaban J connectivity index is 1.79. The Morgan fingerprint density at radius 3 is 3.05 bits per heavy atom. The lowest BCUT2D eigenvalue weighted by Crippen LogP contribution is -2.33. The molecule has 0 atom stereocenters. The number of hydrogen-bond donors (Lipinski definition) is 1. The zero-order chi connectivity index (χ0) is 14.7. The quantitative estimate of drug-likeness (QED) is 0.882. The largest absolute Gasteiger partial charge is 0.339 e. The summed E-state index contributed by atoms with van der Waals surface area (Å²) in [5.74, 6) is 1.03. The first-order valence-electron chi connectivity index (χ1n) is 7.62. The molecule has 0 spiro atoms. The molecular weight excluding hydrogens is 284 g/mol. The Labute approximate surface area is 129 Å². The minimum atomic E-state index is 0.805. The maximum Gasteiger partial charge on any atom is 0.186 e. The second-order valence-electron chi connectivity index (χ2n) is 5.26. The molecular formula is C14H22N6S. The van der Waals surface area contributed by atoms with E-state index in [1.807, 2.05) is 17.7 Å². The first kappa shape index (κ1) is 14.5. The van der Waals surface area contributed by atoms with Crippen LogP contribution >= 0.6 is 11.3 Å². The lowest BCUT2D eigenvalue weighted by molar-refractivity contribution is 0.559. The molecule has 3 rings (SSSR count). The number of fused-ring (bicyclic) bond motifs is 1. The molecule has 3 heterocycles. The smallest absolute Gasteiger partial charge is 0.186 e. The molecule has 0 amide bonds. The molecule has 2 aromatic heterocycles. The zero-order valence-corrected chi connectivity index (χ0v) is 13.5. The van der Waals surface area contributed by atoms with Crippen LogP contribution in [0.5, 0.6) is 0 Å². The van der Waals surface area contributed by atoms with Gasteiger partial charge in [0.2, 0.25) is 0 Å². The molecule has 7 heteroatoms. The SMILES string of the molecule is CCCc1nc(N2CCn3cnnc3C2)sc1CNCC. The van der Waals surface area contributed by atoms with E-state index in [1.54, 1.807) is 0 Å². The molecule has 2 aromatic rings. The van der Waals surface area contributed by atoms with Crippen molar-refractivity contribution in [2.45, 2.75) is 46.3 Å². The molecule has 0 aromatic carbocycles. The van der Waals surface area contributed by atoms with Crippen LogP contribution in [0.2, 0.25) is 0 Å². The first-order chi connectivity index (χ1) is 10.3. The predicted molar refractivity (Wildman–Crippen MR) is 84.6 cm³/mol. The molecule has 1 aliphatic heterocycles. The fourth-order valence-corrected chi connectivity index (χ4v) is 3.64. The van der Waals surface area contributed by atoms with Crippen LogP contribution in [-0.4, -0.2) is 32.8 Å². The van der Waals surface area contributed by atoms with Crippen molar-refractivity contribution >= 4 is 16.5 Å².